The average Bonchev–Trinajstić information content (AvgIpc) is 3.37. The number of aromatic amines is 1. The Balaban J connectivity index is 1.69. The van der Waals surface area contributed by atoms with Crippen LogP contribution in [0, 0.1) is 5.82 Å². The molecule has 142 valence electrons. The summed E-state index contributed by atoms with van der Waals surface area (Å²) in [6.07, 6.45) is 7.12. The molecule has 28 heavy (non-hydrogen) atoms. The number of halogens is 1. The van der Waals surface area contributed by atoms with Gasteiger partial charge in [0.2, 0.25) is 0 Å². The summed E-state index contributed by atoms with van der Waals surface area (Å²) >= 11 is 0. The summed E-state index contributed by atoms with van der Waals surface area (Å²) in [5.74, 6) is -0.235. The number of nitrogens with one attached hydrogen (secondary N) is 1. The van der Waals surface area contributed by atoms with Crippen molar-refractivity contribution in [3.05, 3.63) is 65.9 Å². The molecule has 3 aromatic rings. The van der Waals surface area contributed by atoms with E-state index in [4.69, 9.17) is 5.10 Å². The zero-order valence-electron chi connectivity index (χ0n) is 16.0. The molecular weight excluding hydrogens is 351 g/mol. The molecule has 2 aromatic heterocycles. The van der Waals surface area contributed by atoms with Crippen LogP contribution in [-0.2, 0) is 0 Å². The molecule has 5 heteroatoms. The van der Waals surface area contributed by atoms with E-state index in [0.29, 0.717) is 6.04 Å². The number of rotatable bonds is 3. The van der Waals surface area contributed by atoms with Gasteiger partial charge in [-0.3, -0.25) is 15.0 Å². The second-order valence-corrected chi connectivity index (χ2v) is 7.67. The molecule has 4 heterocycles. The molecule has 1 N–H and O–H groups in total. The third-order valence-corrected chi connectivity index (χ3v) is 6.14. The van der Waals surface area contributed by atoms with Crippen LogP contribution >= 0.6 is 0 Å². The van der Waals surface area contributed by atoms with E-state index in [9.17, 15) is 4.39 Å². The maximum absolute atomic E-state index is 13.5. The zero-order valence-corrected chi connectivity index (χ0v) is 16.0. The largest absolute Gasteiger partial charge is 0.296 e. The minimum Gasteiger partial charge on any atom is -0.296 e. The summed E-state index contributed by atoms with van der Waals surface area (Å²) in [5.41, 5.74) is 7.83. The number of aromatic nitrogens is 3. The predicted octanol–water partition coefficient (Wildman–Crippen LogP) is 4.92. The summed E-state index contributed by atoms with van der Waals surface area (Å²) in [6, 6.07) is 11.2. The lowest BCUT2D eigenvalue weighted by Gasteiger charge is -2.32. The van der Waals surface area contributed by atoms with E-state index in [1.165, 1.54) is 42.7 Å². The van der Waals surface area contributed by atoms with Gasteiger partial charge in [-0.25, -0.2) is 4.39 Å². The molecule has 1 atom stereocenters. The smallest absolute Gasteiger partial charge is 0.123 e. The quantitative estimate of drug-likeness (QED) is 0.708. The maximum atomic E-state index is 13.5. The van der Waals surface area contributed by atoms with Crippen molar-refractivity contribution in [2.75, 3.05) is 13.1 Å². The fraction of sp³-hybridized carbons (Fsp3) is 0.304. The number of H-pyrrole nitrogens is 1. The molecule has 1 fully saturated rings. The number of benzene rings is 1. The molecular formula is C23H23FN4. The van der Waals surface area contributed by atoms with Gasteiger partial charge in [-0.05, 0) is 80.3 Å². The summed E-state index contributed by atoms with van der Waals surface area (Å²) in [4.78, 5) is 6.77. The molecule has 2 aliphatic heterocycles. The highest BCUT2D eigenvalue weighted by molar-refractivity contribution is 5.90. The molecule has 0 aliphatic carbocycles. The Kier molecular flexibility index (Phi) is 4.32. The Hall–Kier alpha value is -2.79. The van der Waals surface area contributed by atoms with Gasteiger partial charge in [-0.1, -0.05) is 5.57 Å². The van der Waals surface area contributed by atoms with Crippen LogP contribution in [0.3, 0.4) is 0 Å². The van der Waals surface area contributed by atoms with Crippen molar-refractivity contribution in [1.82, 2.24) is 20.1 Å². The fourth-order valence-electron chi connectivity index (χ4n) is 4.73. The van der Waals surface area contributed by atoms with E-state index in [-0.39, 0.29) is 5.82 Å². The zero-order chi connectivity index (χ0) is 19.1. The Morgan fingerprint density at radius 1 is 1.04 bits per heavy atom. The fourth-order valence-corrected chi connectivity index (χ4v) is 4.73. The first kappa shape index (κ1) is 17.3. The number of hydrogen-bond donors (Lipinski definition) is 1. The van der Waals surface area contributed by atoms with Gasteiger partial charge in [0.15, 0.2) is 0 Å². The van der Waals surface area contributed by atoms with Crippen LogP contribution in [0.25, 0.3) is 28.0 Å². The van der Waals surface area contributed by atoms with Crippen molar-refractivity contribution >= 4 is 5.57 Å². The lowest BCUT2D eigenvalue weighted by atomic mass is 9.88. The molecule has 0 amide bonds. The van der Waals surface area contributed by atoms with Crippen molar-refractivity contribution < 1.29 is 4.39 Å². The van der Waals surface area contributed by atoms with E-state index >= 15 is 0 Å². The first-order chi connectivity index (χ1) is 13.7. The lowest BCUT2D eigenvalue weighted by molar-refractivity contribution is 0.276. The molecule has 0 radical (unpaired) electrons. The first-order valence-electron chi connectivity index (χ1n) is 9.91. The highest BCUT2D eigenvalue weighted by Crippen LogP contribution is 2.42. The second-order valence-electron chi connectivity index (χ2n) is 7.67. The molecule has 4 nitrogen and oxygen atoms in total. The van der Waals surface area contributed by atoms with Gasteiger partial charge in [0, 0.05) is 36.1 Å². The van der Waals surface area contributed by atoms with Gasteiger partial charge in [0.25, 0.3) is 0 Å². The van der Waals surface area contributed by atoms with E-state index in [1.54, 1.807) is 24.5 Å². The van der Waals surface area contributed by atoms with Crippen LogP contribution in [0.2, 0.25) is 0 Å². The highest BCUT2D eigenvalue weighted by Gasteiger charge is 2.33. The predicted molar refractivity (Wildman–Crippen MR) is 109 cm³/mol. The van der Waals surface area contributed by atoms with Gasteiger partial charge in [0.05, 0.1) is 11.4 Å². The van der Waals surface area contributed by atoms with Crippen LogP contribution < -0.4 is 0 Å². The molecule has 0 saturated carbocycles. The van der Waals surface area contributed by atoms with Crippen LogP contribution in [0.5, 0.6) is 0 Å². The SMILES string of the molecule is CC1=C(c2n[nH]c(-c3ccc(F)cc3)c2-c2ccncc2)CCN2CCCC12. The van der Waals surface area contributed by atoms with Crippen molar-refractivity contribution in [2.24, 2.45) is 0 Å². The Labute approximate surface area is 164 Å². The Bertz CT molecular complexity index is 1020. The monoisotopic (exact) mass is 374 g/mol. The van der Waals surface area contributed by atoms with E-state index in [2.05, 4.69) is 21.9 Å². The summed E-state index contributed by atoms with van der Waals surface area (Å²) in [7, 11) is 0. The minimum absolute atomic E-state index is 0.235. The molecule has 1 aromatic carbocycles. The van der Waals surface area contributed by atoms with Gasteiger partial charge in [0.1, 0.15) is 5.82 Å². The molecule has 5 rings (SSSR count). The van der Waals surface area contributed by atoms with Gasteiger partial charge in [-0.2, -0.15) is 5.10 Å². The topological polar surface area (TPSA) is 44.8 Å². The van der Waals surface area contributed by atoms with E-state index in [1.807, 2.05) is 12.1 Å². The average molecular weight is 374 g/mol. The first-order valence-corrected chi connectivity index (χ1v) is 9.91. The Morgan fingerprint density at radius 2 is 1.82 bits per heavy atom. The summed E-state index contributed by atoms with van der Waals surface area (Å²) < 4.78 is 13.5. The van der Waals surface area contributed by atoms with E-state index in [0.717, 1.165) is 41.0 Å². The van der Waals surface area contributed by atoms with E-state index < -0.39 is 0 Å². The van der Waals surface area contributed by atoms with Gasteiger partial charge < -0.3 is 0 Å². The van der Waals surface area contributed by atoms with Crippen LogP contribution in [0.15, 0.2) is 54.4 Å². The van der Waals surface area contributed by atoms with Gasteiger partial charge >= 0.3 is 0 Å². The van der Waals surface area contributed by atoms with Crippen molar-refractivity contribution in [1.29, 1.82) is 0 Å². The normalized spacial score (nSPS) is 19.9. The van der Waals surface area contributed by atoms with Crippen molar-refractivity contribution in [2.45, 2.75) is 32.2 Å². The summed E-state index contributed by atoms with van der Waals surface area (Å²) in [6.45, 7) is 4.56. The minimum atomic E-state index is -0.235. The standard InChI is InChI=1S/C23H23FN4/c1-15-19(10-14-28-13-2-3-20(15)28)23-21(16-8-11-25-12-9-16)22(26-27-23)17-4-6-18(24)7-5-17/h4-9,11-12,20H,2-3,10,13-14H2,1H3,(H,26,27). The lowest BCUT2D eigenvalue weighted by Crippen LogP contribution is -2.35. The Morgan fingerprint density at radius 3 is 2.61 bits per heavy atom. The van der Waals surface area contributed by atoms with Crippen LogP contribution in [-0.4, -0.2) is 39.2 Å². The molecule has 2 aliphatic rings. The number of fused-ring (bicyclic) bond motifs is 1. The maximum Gasteiger partial charge on any atom is 0.123 e. The number of pyridine rings is 1. The molecule has 0 bridgehead atoms. The summed E-state index contributed by atoms with van der Waals surface area (Å²) in [5, 5.41) is 8.01. The molecule has 1 saturated heterocycles. The van der Waals surface area contributed by atoms with Crippen molar-refractivity contribution in [3.8, 4) is 22.4 Å². The molecule has 0 spiro atoms. The van der Waals surface area contributed by atoms with Crippen LogP contribution in [0.4, 0.5) is 4.39 Å². The number of hydrogen-bond acceptors (Lipinski definition) is 3. The van der Waals surface area contributed by atoms with Crippen molar-refractivity contribution in [3.63, 3.8) is 0 Å². The highest BCUT2D eigenvalue weighted by atomic mass is 19.1. The second kappa shape index (κ2) is 6.99. The third-order valence-electron chi connectivity index (χ3n) is 6.14. The van der Waals surface area contributed by atoms with Gasteiger partial charge in [-0.15, -0.1) is 0 Å². The molecule has 1 unspecified atom stereocenters. The van der Waals surface area contributed by atoms with Crippen LogP contribution in [0.1, 0.15) is 31.9 Å². The number of nitrogens with zero attached hydrogens (tertiary/aromatic N) is 3. The third kappa shape index (κ3) is 2.87.